The van der Waals surface area contributed by atoms with Gasteiger partial charge in [-0.3, -0.25) is 9.69 Å². The predicted molar refractivity (Wildman–Crippen MR) is 126 cm³/mol. The van der Waals surface area contributed by atoms with Crippen LogP contribution in [0.3, 0.4) is 0 Å². The fourth-order valence-corrected chi connectivity index (χ4v) is 4.89. The molecule has 0 aromatic heterocycles. The van der Waals surface area contributed by atoms with Crippen molar-refractivity contribution in [2.75, 3.05) is 23.6 Å². The molecule has 0 bridgehead atoms. The molecule has 2 aliphatic rings. The van der Waals surface area contributed by atoms with Crippen molar-refractivity contribution >= 4 is 21.4 Å². The summed E-state index contributed by atoms with van der Waals surface area (Å²) in [6.45, 7) is 0.566. The molecule has 1 saturated heterocycles. The van der Waals surface area contributed by atoms with Gasteiger partial charge in [0.25, 0.3) is 6.41 Å². The molecule has 2 N–H and O–H groups in total. The molecule has 9 nitrogen and oxygen atoms in total. The van der Waals surface area contributed by atoms with Crippen LogP contribution in [0.5, 0.6) is 5.75 Å². The number of nitriles is 1. The number of aliphatic hydroxyl groups excluding tert-OH is 1. The summed E-state index contributed by atoms with van der Waals surface area (Å²) >= 11 is 0. The number of hydrogen-bond donors (Lipinski definition) is 2. The Kier molecular flexibility index (Phi) is 7.07. The van der Waals surface area contributed by atoms with Gasteiger partial charge in [0.2, 0.25) is 5.91 Å². The highest BCUT2D eigenvalue weighted by Gasteiger charge is 2.32. The first-order chi connectivity index (χ1) is 16.2. The minimum atomic E-state index is -3.37. The molecule has 0 radical (unpaired) electrons. The Morgan fingerprint density at radius 1 is 1.24 bits per heavy atom. The molecule has 2 aromatic rings. The van der Waals surface area contributed by atoms with Gasteiger partial charge in [-0.15, -0.1) is 0 Å². The number of fused-ring (bicyclic) bond motifs is 1. The Morgan fingerprint density at radius 3 is 2.62 bits per heavy atom. The first kappa shape index (κ1) is 24.0. The first-order valence-corrected chi connectivity index (χ1v) is 13.1. The highest BCUT2D eigenvalue weighted by molar-refractivity contribution is 7.90. The highest BCUT2D eigenvalue weighted by atomic mass is 32.2. The van der Waals surface area contributed by atoms with Crippen molar-refractivity contribution in [2.24, 2.45) is 0 Å². The fourth-order valence-electron chi connectivity index (χ4n) is 4.11. The van der Waals surface area contributed by atoms with Crippen molar-refractivity contribution in [1.82, 2.24) is 5.32 Å². The van der Waals surface area contributed by atoms with Gasteiger partial charge in [-0.05, 0) is 48.1 Å². The van der Waals surface area contributed by atoms with Crippen LogP contribution < -0.4 is 15.0 Å². The van der Waals surface area contributed by atoms with E-state index in [1.54, 1.807) is 12.1 Å². The molecule has 10 heteroatoms. The number of benzene rings is 2. The molecular weight excluding hydrogens is 458 g/mol. The predicted octanol–water partition coefficient (Wildman–Crippen LogP) is 1.95. The van der Waals surface area contributed by atoms with Gasteiger partial charge in [-0.25, -0.2) is 8.42 Å². The maximum Gasteiger partial charge on any atom is 0.282 e. The third-order valence-corrected chi connectivity index (χ3v) is 6.56. The average molecular weight is 486 g/mol. The lowest BCUT2D eigenvalue weighted by Gasteiger charge is -2.23. The van der Waals surface area contributed by atoms with Gasteiger partial charge >= 0.3 is 0 Å². The zero-order valence-electron chi connectivity index (χ0n) is 18.8. The van der Waals surface area contributed by atoms with Crippen LogP contribution in [0, 0.1) is 11.3 Å². The van der Waals surface area contributed by atoms with Crippen molar-refractivity contribution in [2.45, 2.75) is 44.2 Å². The van der Waals surface area contributed by atoms with E-state index >= 15 is 0 Å². The van der Waals surface area contributed by atoms with Crippen LogP contribution in [0.4, 0.5) is 5.69 Å². The summed E-state index contributed by atoms with van der Waals surface area (Å²) in [6.07, 6.45) is 2.17. The molecule has 0 aliphatic carbocycles. The minimum Gasteiger partial charge on any atom is -0.444 e. The third-order valence-electron chi connectivity index (χ3n) is 5.81. The Labute approximate surface area is 198 Å². The summed E-state index contributed by atoms with van der Waals surface area (Å²) in [5, 5.41) is 22.4. The Morgan fingerprint density at radius 2 is 1.97 bits per heavy atom. The van der Waals surface area contributed by atoms with E-state index in [2.05, 4.69) is 11.4 Å². The Balaban J connectivity index is 1.44. The molecule has 0 spiro atoms. The second kappa shape index (κ2) is 10.0. The van der Waals surface area contributed by atoms with Gasteiger partial charge in [0.1, 0.15) is 23.8 Å². The Bertz CT molecular complexity index is 1190. The molecule has 2 heterocycles. The molecule has 1 fully saturated rings. The summed E-state index contributed by atoms with van der Waals surface area (Å²) in [5.74, 6) is -0.202. The zero-order chi connectivity index (χ0) is 24.3. The van der Waals surface area contributed by atoms with Gasteiger partial charge in [-0.1, -0.05) is 30.3 Å². The molecule has 180 valence electrons. The third kappa shape index (κ3) is 5.67. The fraction of sp³-hybridized carbons (Fsp3) is 0.417. The topological polar surface area (TPSA) is 129 Å². The van der Waals surface area contributed by atoms with E-state index in [9.17, 15) is 23.6 Å². The largest absolute Gasteiger partial charge is 0.444 e. The second-order valence-electron chi connectivity index (χ2n) is 8.60. The number of amides is 1. The number of nitrogens with zero attached hydrogens (tertiary/aromatic N) is 2. The zero-order valence-corrected chi connectivity index (χ0v) is 19.6. The van der Waals surface area contributed by atoms with Crippen LogP contribution in [-0.2, 0) is 25.8 Å². The number of rotatable bonds is 7. The lowest BCUT2D eigenvalue weighted by Crippen LogP contribution is -2.44. The maximum absolute atomic E-state index is 12.4. The lowest BCUT2D eigenvalue weighted by molar-refractivity contribution is -0.135. The van der Waals surface area contributed by atoms with Crippen LogP contribution in [0.25, 0.3) is 11.1 Å². The van der Waals surface area contributed by atoms with Gasteiger partial charge in [0.05, 0.1) is 11.8 Å². The normalized spacial score (nSPS) is 20.7. The number of carbonyl (C=O) groups is 1. The lowest BCUT2D eigenvalue weighted by atomic mass is 10.00. The summed E-state index contributed by atoms with van der Waals surface area (Å²) in [4.78, 5) is 13.7. The number of carbonyl (C=O) groups excluding carboxylic acids is 1. The van der Waals surface area contributed by atoms with E-state index < -0.39 is 28.4 Å². The van der Waals surface area contributed by atoms with E-state index in [1.165, 1.54) is 4.90 Å². The Hall–Kier alpha value is -3.13. The molecule has 3 atom stereocenters. The van der Waals surface area contributed by atoms with Crippen LogP contribution in [0.2, 0.25) is 0 Å². The standard InChI is InChI=1S/C24H27N3O6S/c1-34(30,31)15-27-20-13-18(9-10-21(20)33-24(27)29)17-7-5-16(6-8-17)12-19(14-25)26-23(28)22-4-2-3-11-32-22/h5-10,13,19,22,24,29H,2-4,11-12,15H2,1H3,(H,26,28)/t19-,22-,24-/m0/s1. The monoisotopic (exact) mass is 485 g/mol. The van der Waals surface area contributed by atoms with Crippen molar-refractivity contribution in [1.29, 1.82) is 5.26 Å². The molecule has 34 heavy (non-hydrogen) atoms. The van der Waals surface area contributed by atoms with Crippen molar-refractivity contribution in [3.63, 3.8) is 0 Å². The van der Waals surface area contributed by atoms with Gasteiger partial charge in [0.15, 0.2) is 9.84 Å². The first-order valence-electron chi connectivity index (χ1n) is 11.1. The molecular formula is C24H27N3O6S. The molecule has 4 rings (SSSR count). The van der Waals surface area contributed by atoms with Crippen molar-refractivity contribution in [3.05, 3.63) is 48.0 Å². The number of anilines is 1. The molecule has 2 aromatic carbocycles. The van der Waals surface area contributed by atoms with Crippen molar-refractivity contribution < 1.29 is 27.8 Å². The van der Waals surface area contributed by atoms with E-state index in [-0.39, 0.29) is 11.8 Å². The molecule has 0 saturated carbocycles. The molecule has 2 aliphatic heterocycles. The number of sulfone groups is 1. The quantitative estimate of drug-likeness (QED) is 0.609. The van der Waals surface area contributed by atoms with Crippen LogP contribution >= 0.6 is 0 Å². The summed E-state index contributed by atoms with van der Waals surface area (Å²) in [6, 6.07) is 14.3. The number of hydrogen-bond acceptors (Lipinski definition) is 8. The van der Waals surface area contributed by atoms with E-state index in [0.29, 0.717) is 30.9 Å². The average Bonchev–Trinajstić information content (AvgIpc) is 3.12. The van der Waals surface area contributed by atoms with Gasteiger partial charge < -0.3 is 19.9 Å². The van der Waals surface area contributed by atoms with Crippen LogP contribution in [-0.4, -0.2) is 56.7 Å². The maximum atomic E-state index is 12.4. The van der Waals surface area contributed by atoms with E-state index in [1.807, 2.05) is 30.3 Å². The van der Waals surface area contributed by atoms with Gasteiger partial charge in [-0.2, -0.15) is 5.26 Å². The highest BCUT2D eigenvalue weighted by Crippen LogP contribution is 2.39. The second-order valence-corrected chi connectivity index (χ2v) is 10.7. The number of ether oxygens (including phenoxy) is 2. The number of aliphatic hydroxyl groups is 1. The van der Waals surface area contributed by atoms with E-state index in [0.717, 1.165) is 35.8 Å². The van der Waals surface area contributed by atoms with E-state index in [4.69, 9.17) is 9.47 Å². The summed E-state index contributed by atoms with van der Waals surface area (Å²) < 4.78 is 34.3. The van der Waals surface area contributed by atoms with Crippen LogP contribution in [0.15, 0.2) is 42.5 Å². The summed E-state index contributed by atoms with van der Waals surface area (Å²) in [7, 11) is -3.37. The van der Waals surface area contributed by atoms with Gasteiger partial charge in [0, 0.05) is 19.3 Å². The molecule has 0 unspecified atom stereocenters. The minimum absolute atomic E-state index is 0.246. The SMILES string of the molecule is CS(=O)(=O)CN1c2cc(-c3ccc(C[C@@H](C#N)NC(=O)[C@@H]4CCCCO4)cc3)ccc2O[C@@H]1O. The van der Waals surface area contributed by atoms with Crippen LogP contribution in [0.1, 0.15) is 24.8 Å². The summed E-state index contributed by atoms with van der Waals surface area (Å²) in [5.41, 5.74) is 3.08. The smallest absolute Gasteiger partial charge is 0.282 e. The van der Waals surface area contributed by atoms with Crippen molar-refractivity contribution in [3.8, 4) is 22.9 Å². The number of nitrogens with one attached hydrogen (secondary N) is 1. The molecule has 1 amide bonds.